The lowest BCUT2D eigenvalue weighted by Crippen LogP contribution is -2.10. The summed E-state index contributed by atoms with van der Waals surface area (Å²) in [6.45, 7) is 0. The van der Waals surface area contributed by atoms with Gasteiger partial charge in [0, 0.05) is 33.2 Å². The Balaban J connectivity index is 0.966. The van der Waals surface area contributed by atoms with Crippen molar-refractivity contribution in [3.05, 3.63) is 224 Å². The van der Waals surface area contributed by atoms with E-state index in [-0.39, 0.29) is 0 Å². The van der Waals surface area contributed by atoms with Gasteiger partial charge in [-0.15, -0.1) is 0 Å². The fourth-order valence-corrected chi connectivity index (χ4v) is 9.32. The molecule has 0 aliphatic rings. The Labute approximate surface area is 347 Å². The number of fused-ring (bicyclic) bond motifs is 9. The van der Waals surface area contributed by atoms with E-state index in [1.54, 1.807) is 0 Å². The van der Waals surface area contributed by atoms with Crippen molar-refractivity contribution in [3.8, 4) is 33.4 Å². The largest absolute Gasteiger partial charge is 0.455 e. The molecule has 0 aliphatic heterocycles. The Bertz CT molecular complexity index is 3590. The number of hydrogen-bond acceptors (Lipinski definition) is 2. The molecule has 2 heteroatoms. The van der Waals surface area contributed by atoms with E-state index in [9.17, 15) is 0 Å². The van der Waals surface area contributed by atoms with Crippen LogP contribution >= 0.6 is 0 Å². The Hall–Kier alpha value is -7.94. The first-order valence-electron chi connectivity index (χ1n) is 20.6. The molecule has 1 heterocycles. The van der Waals surface area contributed by atoms with Crippen LogP contribution in [0.4, 0.5) is 17.1 Å². The van der Waals surface area contributed by atoms with Crippen molar-refractivity contribution in [2.24, 2.45) is 0 Å². The van der Waals surface area contributed by atoms with Crippen LogP contribution < -0.4 is 4.90 Å². The van der Waals surface area contributed by atoms with Gasteiger partial charge in [-0.2, -0.15) is 0 Å². The molecule has 12 rings (SSSR count). The van der Waals surface area contributed by atoms with Gasteiger partial charge in [0.2, 0.25) is 0 Å². The van der Waals surface area contributed by atoms with Gasteiger partial charge in [-0.3, -0.25) is 0 Å². The molecule has 0 spiro atoms. The predicted molar refractivity (Wildman–Crippen MR) is 255 cm³/mol. The molecule has 0 atom stereocenters. The van der Waals surface area contributed by atoms with E-state index >= 15 is 0 Å². The molecule has 0 saturated heterocycles. The summed E-state index contributed by atoms with van der Waals surface area (Å²) in [7, 11) is 0. The smallest absolute Gasteiger partial charge is 0.143 e. The Kier molecular flexibility index (Phi) is 7.89. The molecule has 60 heavy (non-hydrogen) atoms. The summed E-state index contributed by atoms with van der Waals surface area (Å²) in [4.78, 5) is 2.37. The van der Waals surface area contributed by atoms with Crippen molar-refractivity contribution >= 4 is 82.1 Å². The van der Waals surface area contributed by atoms with Gasteiger partial charge in [0.05, 0.1) is 0 Å². The van der Waals surface area contributed by atoms with Crippen molar-refractivity contribution in [3.63, 3.8) is 0 Å². The molecule has 0 radical (unpaired) electrons. The van der Waals surface area contributed by atoms with Crippen LogP contribution in [-0.4, -0.2) is 0 Å². The summed E-state index contributed by atoms with van der Waals surface area (Å²) >= 11 is 0. The summed E-state index contributed by atoms with van der Waals surface area (Å²) in [6, 6.07) is 81.3. The zero-order chi connectivity index (χ0) is 39.6. The monoisotopic (exact) mass is 763 g/mol. The van der Waals surface area contributed by atoms with E-state index in [0.29, 0.717) is 0 Å². The molecule has 1 aromatic heterocycles. The fourth-order valence-electron chi connectivity index (χ4n) is 9.32. The van der Waals surface area contributed by atoms with Crippen LogP contribution in [0.2, 0.25) is 0 Å². The molecule has 0 bridgehead atoms. The second-order valence-electron chi connectivity index (χ2n) is 15.7. The van der Waals surface area contributed by atoms with Gasteiger partial charge in [0.1, 0.15) is 11.2 Å². The minimum atomic E-state index is 0.898. The zero-order valence-corrected chi connectivity index (χ0v) is 32.7. The van der Waals surface area contributed by atoms with Gasteiger partial charge in [0.25, 0.3) is 0 Å². The molecule has 11 aromatic carbocycles. The SMILES string of the molecule is c1cc(-c2cccc3ccccc23)cc(N(c2ccc(-c3ccc4c(ccc5ccccc54)c3)cc2)c2ccc(-c3cccc4oc5c6ccccc6ccc5c34)cc2)c1. The number of hydrogen-bond donors (Lipinski definition) is 0. The van der Waals surface area contributed by atoms with Crippen LogP contribution in [0, 0.1) is 0 Å². The third kappa shape index (κ3) is 5.65. The lowest BCUT2D eigenvalue weighted by molar-refractivity contribution is 0.673. The summed E-state index contributed by atoms with van der Waals surface area (Å²) < 4.78 is 6.55. The fraction of sp³-hybridized carbons (Fsp3) is 0. The average Bonchev–Trinajstić information content (AvgIpc) is 3.72. The zero-order valence-electron chi connectivity index (χ0n) is 32.7. The van der Waals surface area contributed by atoms with Crippen molar-refractivity contribution in [1.29, 1.82) is 0 Å². The van der Waals surface area contributed by atoms with Gasteiger partial charge >= 0.3 is 0 Å². The van der Waals surface area contributed by atoms with Crippen LogP contribution in [0.15, 0.2) is 229 Å². The van der Waals surface area contributed by atoms with Gasteiger partial charge in [-0.05, 0) is 126 Å². The molecule has 0 unspecified atom stereocenters. The molecule has 0 aliphatic carbocycles. The van der Waals surface area contributed by atoms with Gasteiger partial charge in [-0.1, -0.05) is 170 Å². The average molecular weight is 764 g/mol. The van der Waals surface area contributed by atoms with Gasteiger partial charge in [-0.25, -0.2) is 0 Å². The first-order valence-corrected chi connectivity index (χ1v) is 20.6. The highest BCUT2D eigenvalue weighted by molar-refractivity contribution is 6.19. The highest BCUT2D eigenvalue weighted by Gasteiger charge is 2.18. The molecule has 0 fully saturated rings. The number of nitrogens with zero attached hydrogens (tertiary/aromatic N) is 1. The Morgan fingerprint density at radius 3 is 1.63 bits per heavy atom. The van der Waals surface area contributed by atoms with Crippen LogP contribution in [0.1, 0.15) is 0 Å². The lowest BCUT2D eigenvalue weighted by atomic mass is 9.96. The molecule has 0 amide bonds. The molecule has 0 saturated carbocycles. The topological polar surface area (TPSA) is 16.4 Å². The first kappa shape index (κ1) is 34.1. The third-order valence-electron chi connectivity index (χ3n) is 12.2. The van der Waals surface area contributed by atoms with Crippen molar-refractivity contribution in [2.45, 2.75) is 0 Å². The van der Waals surface area contributed by atoms with E-state index in [1.807, 2.05) is 0 Å². The Morgan fingerprint density at radius 2 is 0.833 bits per heavy atom. The van der Waals surface area contributed by atoms with Crippen LogP contribution in [0.3, 0.4) is 0 Å². The highest BCUT2D eigenvalue weighted by atomic mass is 16.3. The summed E-state index contributed by atoms with van der Waals surface area (Å²) in [5, 5.41) is 12.1. The molecular weight excluding hydrogens is 727 g/mol. The standard InChI is InChI=1S/C58H37NO/c1-4-16-49-39(10-1)13-8-19-51(49)44-14-7-15-48(37-44)59(46-30-24-38(25-31-46)43-29-34-52-45(36-43)23-22-40-11-2-5-17-50(40)52)47-32-26-42(27-33-47)53-20-9-21-56-57(53)55-35-28-41-12-3-6-18-54(41)58(55)60-56/h1-37H. The summed E-state index contributed by atoms with van der Waals surface area (Å²) in [5.74, 6) is 0. The van der Waals surface area contributed by atoms with Gasteiger partial charge < -0.3 is 9.32 Å². The van der Waals surface area contributed by atoms with Gasteiger partial charge in [0.15, 0.2) is 0 Å². The van der Waals surface area contributed by atoms with Crippen LogP contribution in [-0.2, 0) is 0 Å². The lowest BCUT2D eigenvalue weighted by Gasteiger charge is -2.26. The van der Waals surface area contributed by atoms with Crippen molar-refractivity contribution in [2.75, 3.05) is 4.90 Å². The molecular formula is C58H37NO. The second-order valence-corrected chi connectivity index (χ2v) is 15.7. The van der Waals surface area contributed by atoms with E-state index in [1.165, 1.54) is 60.0 Å². The van der Waals surface area contributed by atoms with Crippen LogP contribution in [0.5, 0.6) is 0 Å². The predicted octanol–water partition coefficient (Wildman–Crippen LogP) is 16.7. The van der Waals surface area contributed by atoms with E-state index in [0.717, 1.165) is 55.5 Å². The van der Waals surface area contributed by atoms with Crippen LogP contribution in [0.25, 0.3) is 98.4 Å². The maximum atomic E-state index is 6.55. The molecule has 0 N–H and O–H groups in total. The molecule has 12 aromatic rings. The number of furan rings is 1. The Morgan fingerprint density at radius 1 is 0.283 bits per heavy atom. The minimum Gasteiger partial charge on any atom is -0.455 e. The molecule has 280 valence electrons. The summed E-state index contributed by atoms with van der Waals surface area (Å²) in [6.07, 6.45) is 0. The second kappa shape index (κ2) is 13.9. The quantitative estimate of drug-likeness (QED) is 0.157. The summed E-state index contributed by atoms with van der Waals surface area (Å²) in [5.41, 5.74) is 12.2. The third-order valence-corrected chi connectivity index (χ3v) is 12.2. The first-order chi connectivity index (χ1) is 29.7. The van der Waals surface area contributed by atoms with Crippen molar-refractivity contribution < 1.29 is 4.42 Å². The highest BCUT2D eigenvalue weighted by Crippen LogP contribution is 2.43. The maximum absolute atomic E-state index is 6.55. The van der Waals surface area contributed by atoms with E-state index in [2.05, 4.69) is 229 Å². The minimum absolute atomic E-state index is 0.898. The molecule has 2 nitrogen and oxygen atoms in total. The van der Waals surface area contributed by atoms with Crippen molar-refractivity contribution in [1.82, 2.24) is 0 Å². The number of benzene rings is 11. The maximum Gasteiger partial charge on any atom is 0.143 e. The van der Waals surface area contributed by atoms with E-state index < -0.39 is 0 Å². The normalized spacial score (nSPS) is 11.7. The number of anilines is 3. The van der Waals surface area contributed by atoms with E-state index in [4.69, 9.17) is 4.42 Å². The number of rotatable bonds is 6.